The zero-order valence-corrected chi connectivity index (χ0v) is 16.9. The van der Waals surface area contributed by atoms with E-state index in [-0.39, 0.29) is 0 Å². The standard InChI is InChI=1S/C23H26S2/c1-15(2)22-12-20(14-24-22)21-10-18(21)9-16(3)23-11-19(13-25-23)17-7-5-4-6-8-17/h4-8,11-16,18,21H,9-10H2,1-3H3. The summed E-state index contributed by atoms with van der Waals surface area (Å²) in [4.78, 5) is 3.08. The molecule has 130 valence electrons. The van der Waals surface area contributed by atoms with Crippen molar-refractivity contribution in [1.82, 2.24) is 0 Å². The maximum absolute atomic E-state index is 2.46. The van der Waals surface area contributed by atoms with Gasteiger partial charge in [0.15, 0.2) is 0 Å². The summed E-state index contributed by atoms with van der Waals surface area (Å²) in [5.74, 6) is 3.03. The van der Waals surface area contributed by atoms with E-state index in [1.807, 2.05) is 22.7 Å². The largest absolute Gasteiger partial charge is 0.148 e. The van der Waals surface area contributed by atoms with Gasteiger partial charge in [0.2, 0.25) is 0 Å². The lowest BCUT2D eigenvalue weighted by Crippen LogP contribution is -1.93. The number of thiophene rings is 2. The van der Waals surface area contributed by atoms with Crippen molar-refractivity contribution < 1.29 is 0 Å². The van der Waals surface area contributed by atoms with Crippen LogP contribution in [0.5, 0.6) is 0 Å². The molecule has 3 unspecified atom stereocenters. The second-order valence-electron chi connectivity index (χ2n) is 7.78. The van der Waals surface area contributed by atoms with Gasteiger partial charge in [0.1, 0.15) is 0 Å². The van der Waals surface area contributed by atoms with E-state index in [0.717, 1.165) is 11.8 Å². The van der Waals surface area contributed by atoms with Gasteiger partial charge >= 0.3 is 0 Å². The normalized spacial score (nSPS) is 20.8. The van der Waals surface area contributed by atoms with Crippen LogP contribution in [0.15, 0.2) is 53.2 Å². The van der Waals surface area contributed by atoms with Crippen LogP contribution in [-0.2, 0) is 0 Å². The summed E-state index contributed by atoms with van der Waals surface area (Å²) in [5.41, 5.74) is 4.31. The summed E-state index contributed by atoms with van der Waals surface area (Å²) < 4.78 is 0. The minimum absolute atomic E-state index is 0.664. The molecule has 1 saturated carbocycles. The van der Waals surface area contributed by atoms with Crippen molar-refractivity contribution in [1.29, 1.82) is 0 Å². The molecule has 3 atom stereocenters. The van der Waals surface area contributed by atoms with Gasteiger partial charge in [-0.25, -0.2) is 0 Å². The first-order chi connectivity index (χ1) is 12.1. The van der Waals surface area contributed by atoms with Gasteiger partial charge in [0.25, 0.3) is 0 Å². The average molecular weight is 367 g/mol. The maximum Gasteiger partial charge on any atom is 0.00799 e. The van der Waals surface area contributed by atoms with Crippen LogP contribution in [0.25, 0.3) is 11.1 Å². The van der Waals surface area contributed by atoms with Crippen molar-refractivity contribution in [3.63, 3.8) is 0 Å². The molecule has 0 radical (unpaired) electrons. The van der Waals surface area contributed by atoms with E-state index >= 15 is 0 Å². The molecular formula is C23H26S2. The molecule has 2 heterocycles. The van der Waals surface area contributed by atoms with Crippen LogP contribution in [0.2, 0.25) is 0 Å². The third kappa shape index (κ3) is 3.75. The molecule has 4 rings (SSSR count). The molecule has 25 heavy (non-hydrogen) atoms. The maximum atomic E-state index is 2.46. The molecule has 3 aromatic rings. The molecule has 1 fully saturated rings. The van der Waals surface area contributed by atoms with Crippen LogP contribution in [0, 0.1) is 5.92 Å². The zero-order valence-electron chi connectivity index (χ0n) is 15.2. The number of hydrogen-bond acceptors (Lipinski definition) is 2. The van der Waals surface area contributed by atoms with Crippen molar-refractivity contribution >= 4 is 22.7 Å². The van der Waals surface area contributed by atoms with E-state index in [1.54, 1.807) is 10.4 Å². The fourth-order valence-corrected chi connectivity index (χ4v) is 5.73. The summed E-state index contributed by atoms with van der Waals surface area (Å²) in [6, 6.07) is 15.6. The Morgan fingerprint density at radius 2 is 1.68 bits per heavy atom. The topological polar surface area (TPSA) is 0 Å². The van der Waals surface area contributed by atoms with Gasteiger partial charge in [-0.1, -0.05) is 51.1 Å². The monoisotopic (exact) mass is 366 g/mol. The predicted octanol–water partition coefficient (Wildman–Crippen LogP) is 7.90. The molecule has 0 nitrogen and oxygen atoms in total. The molecular weight excluding hydrogens is 340 g/mol. The molecule has 0 saturated heterocycles. The molecule has 0 spiro atoms. The highest BCUT2D eigenvalue weighted by molar-refractivity contribution is 7.10. The molecule has 0 aliphatic heterocycles. The lowest BCUT2D eigenvalue weighted by molar-refractivity contribution is 0.614. The summed E-state index contributed by atoms with van der Waals surface area (Å²) in [6.07, 6.45) is 2.71. The Bertz CT molecular complexity index is 825. The Hall–Kier alpha value is -1.38. The number of hydrogen-bond donors (Lipinski definition) is 0. The van der Waals surface area contributed by atoms with Crippen LogP contribution in [0.1, 0.15) is 66.7 Å². The Balaban J connectivity index is 1.38. The van der Waals surface area contributed by atoms with Crippen LogP contribution in [-0.4, -0.2) is 0 Å². The molecule has 1 aromatic carbocycles. The Kier molecular flexibility index (Phi) is 4.84. The highest BCUT2D eigenvalue weighted by Crippen LogP contribution is 2.53. The molecule has 2 heteroatoms. The van der Waals surface area contributed by atoms with Gasteiger partial charge in [-0.05, 0) is 76.1 Å². The first-order valence-corrected chi connectivity index (χ1v) is 11.1. The predicted molar refractivity (Wildman–Crippen MR) is 112 cm³/mol. The fourth-order valence-electron chi connectivity index (χ4n) is 3.75. The van der Waals surface area contributed by atoms with Crippen molar-refractivity contribution in [3.05, 3.63) is 68.5 Å². The molecule has 2 aromatic heterocycles. The minimum atomic E-state index is 0.664. The van der Waals surface area contributed by atoms with E-state index in [0.29, 0.717) is 11.8 Å². The van der Waals surface area contributed by atoms with Gasteiger partial charge in [-0.2, -0.15) is 0 Å². The Labute approximate surface area is 159 Å². The van der Waals surface area contributed by atoms with Gasteiger partial charge < -0.3 is 0 Å². The van der Waals surface area contributed by atoms with E-state index in [4.69, 9.17) is 0 Å². The highest BCUT2D eigenvalue weighted by Gasteiger charge is 2.39. The van der Waals surface area contributed by atoms with Crippen molar-refractivity contribution in [2.45, 2.75) is 51.4 Å². The number of benzene rings is 1. The SMILES string of the molecule is CC(C)c1cc(C2CC2CC(C)c2cc(-c3ccccc3)cs2)cs1. The molecule has 1 aliphatic carbocycles. The van der Waals surface area contributed by atoms with Crippen molar-refractivity contribution in [2.75, 3.05) is 0 Å². The molecule has 0 amide bonds. The summed E-state index contributed by atoms with van der Waals surface area (Å²) >= 11 is 3.88. The van der Waals surface area contributed by atoms with Gasteiger partial charge in [0, 0.05) is 9.75 Å². The van der Waals surface area contributed by atoms with E-state index < -0.39 is 0 Å². The number of rotatable bonds is 6. The van der Waals surface area contributed by atoms with Crippen LogP contribution >= 0.6 is 22.7 Å². The minimum Gasteiger partial charge on any atom is -0.148 e. The summed E-state index contributed by atoms with van der Waals surface area (Å²) in [7, 11) is 0. The smallest absolute Gasteiger partial charge is 0.00799 e. The fraction of sp³-hybridized carbons (Fsp3) is 0.391. The highest BCUT2D eigenvalue weighted by atomic mass is 32.1. The Morgan fingerprint density at radius 1 is 0.920 bits per heavy atom. The first-order valence-electron chi connectivity index (χ1n) is 9.34. The Morgan fingerprint density at radius 3 is 2.40 bits per heavy atom. The average Bonchev–Trinajstić information content (AvgIpc) is 3.07. The van der Waals surface area contributed by atoms with Gasteiger partial charge in [-0.15, -0.1) is 22.7 Å². The molecule has 1 aliphatic rings. The van der Waals surface area contributed by atoms with E-state index in [1.165, 1.54) is 28.8 Å². The van der Waals surface area contributed by atoms with Crippen molar-refractivity contribution in [3.8, 4) is 11.1 Å². The third-order valence-electron chi connectivity index (χ3n) is 5.43. The summed E-state index contributed by atoms with van der Waals surface area (Å²) in [5, 5.41) is 4.72. The lowest BCUT2D eigenvalue weighted by atomic mass is 9.99. The molecule has 0 bridgehead atoms. The van der Waals surface area contributed by atoms with E-state index in [9.17, 15) is 0 Å². The second kappa shape index (κ2) is 7.09. The van der Waals surface area contributed by atoms with Crippen LogP contribution in [0.3, 0.4) is 0 Å². The zero-order chi connectivity index (χ0) is 17.4. The third-order valence-corrected chi connectivity index (χ3v) is 7.84. The van der Waals surface area contributed by atoms with Gasteiger partial charge in [-0.3, -0.25) is 0 Å². The first kappa shape index (κ1) is 17.1. The quantitative estimate of drug-likeness (QED) is 0.416. The van der Waals surface area contributed by atoms with Crippen LogP contribution < -0.4 is 0 Å². The molecule has 0 N–H and O–H groups in total. The van der Waals surface area contributed by atoms with Gasteiger partial charge in [0.05, 0.1) is 0 Å². The van der Waals surface area contributed by atoms with E-state index in [2.05, 4.69) is 74.0 Å². The van der Waals surface area contributed by atoms with Crippen LogP contribution in [0.4, 0.5) is 0 Å². The second-order valence-corrected chi connectivity index (χ2v) is 9.67. The summed E-state index contributed by atoms with van der Waals surface area (Å²) in [6.45, 7) is 7.00. The van der Waals surface area contributed by atoms with Crippen molar-refractivity contribution in [2.24, 2.45) is 5.92 Å². The lowest BCUT2D eigenvalue weighted by Gasteiger charge is -2.08.